The molecular weight excluding hydrogens is 395 g/mol. The number of halogens is 1. The van der Waals surface area contributed by atoms with Crippen LogP contribution in [0.1, 0.15) is 43.4 Å². The van der Waals surface area contributed by atoms with E-state index in [-0.39, 0.29) is 11.7 Å². The van der Waals surface area contributed by atoms with E-state index in [0.29, 0.717) is 38.0 Å². The van der Waals surface area contributed by atoms with Gasteiger partial charge in [-0.3, -0.25) is 4.79 Å². The first-order valence-corrected chi connectivity index (χ1v) is 11.5. The van der Waals surface area contributed by atoms with E-state index in [2.05, 4.69) is 4.90 Å². The number of nitrogens with zero attached hydrogens (tertiary/aromatic N) is 4. The molecule has 3 aliphatic rings. The summed E-state index contributed by atoms with van der Waals surface area (Å²) < 4.78 is 19.0. The number of amides is 1. The molecule has 1 aliphatic carbocycles. The third kappa shape index (κ3) is 4.28. The van der Waals surface area contributed by atoms with Gasteiger partial charge >= 0.3 is 0 Å². The Morgan fingerprint density at radius 3 is 2.48 bits per heavy atom. The Balaban J connectivity index is 1.48. The predicted molar refractivity (Wildman–Crippen MR) is 116 cm³/mol. The highest BCUT2D eigenvalue weighted by atomic mass is 19.1. The summed E-state index contributed by atoms with van der Waals surface area (Å²) in [5.74, 6) is 1.70. The Kier molecular flexibility index (Phi) is 5.85. The number of hydrogen-bond acceptors (Lipinski definition) is 5. The maximum atomic E-state index is 13.4. The molecule has 2 fully saturated rings. The van der Waals surface area contributed by atoms with Crippen molar-refractivity contribution in [1.82, 2.24) is 14.9 Å². The van der Waals surface area contributed by atoms with Gasteiger partial charge in [0, 0.05) is 43.1 Å². The lowest BCUT2D eigenvalue weighted by molar-refractivity contribution is -0.137. The van der Waals surface area contributed by atoms with Gasteiger partial charge in [0.2, 0.25) is 5.91 Å². The zero-order chi connectivity index (χ0) is 21.2. The first-order chi connectivity index (χ1) is 15.2. The average Bonchev–Trinajstić information content (AvgIpc) is 2.84. The Morgan fingerprint density at radius 1 is 1.00 bits per heavy atom. The molecule has 0 radical (unpaired) electrons. The SMILES string of the molecule is O=C(C1CCCCC1)N1CCc2nc(-c3ccc(F)cc3)nc(N3CCOCC3)c2C1. The van der Waals surface area contributed by atoms with Gasteiger partial charge in [0.25, 0.3) is 0 Å². The van der Waals surface area contributed by atoms with Gasteiger partial charge in [0.15, 0.2) is 5.82 Å². The topological polar surface area (TPSA) is 58.6 Å². The van der Waals surface area contributed by atoms with E-state index >= 15 is 0 Å². The van der Waals surface area contributed by atoms with Gasteiger partial charge in [-0.05, 0) is 37.1 Å². The lowest BCUT2D eigenvalue weighted by atomic mass is 9.87. The summed E-state index contributed by atoms with van der Waals surface area (Å²) in [4.78, 5) is 27.2. The smallest absolute Gasteiger partial charge is 0.225 e. The molecule has 1 saturated carbocycles. The molecule has 3 heterocycles. The fourth-order valence-corrected chi connectivity index (χ4v) is 4.96. The second-order valence-corrected chi connectivity index (χ2v) is 8.75. The zero-order valence-corrected chi connectivity index (χ0v) is 17.9. The maximum absolute atomic E-state index is 13.4. The summed E-state index contributed by atoms with van der Waals surface area (Å²) in [6.45, 7) is 4.13. The summed E-state index contributed by atoms with van der Waals surface area (Å²) in [7, 11) is 0. The van der Waals surface area contributed by atoms with Crippen molar-refractivity contribution < 1.29 is 13.9 Å². The minimum atomic E-state index is -0.271. The van der Waals surface area contributed by atoms with Gasteiger partial charge in [-0.2, -0.15) is 0 Å². The number of carbonyl (C=O) groups is 1. The number of benzene rings is 1. The second kappa shape index (κ2) is 8.91. The van der Waals surface area contributed by atoms with Gasteiger partial charge in [-0.15, -0.1) is 0 Å². The highest BCUT2D eigenvalue weighted by Gasteiger charge is 2.32. The molecule has 0 atom stereocenters. The summed E-state index contributed by atoms with van der Waals surface area (Å²) in [5.41, 5.74) is 2.87. The normalized spacial score (nSPS) is 19.9. The number of aromatic nitrogens is 2. The van der Waals surface area contributed by atoms with Gasteiger partial charge < -0.3 is 14.5 Å². The molecule has 0 unspecified atom stereocenters. The first-order valence-electron chi connectivity index (χ1n) is 11.5. The molecular formula is C24H29FN4O2. The summed E-state index contributed by atoms with van der Waals surface area (Å²) in [6.07, 6.45) is 6.31. The number of carbonyl (C=O) groups excluding carboxylic acids is 1. The summed E-state index contributed by atoms with van der Waals surface area (Å²) in [5, 5.41) is 0. The molecule has 0 N–H and O–H groups in total. The van der Waals surface area contributed by atoms with Crippen molar-refractivity contribution >= 4 is 11.7 Å². The number of anilines is 1. The standard InChI is InChI=1S/C24H29FN4O2/c25-19-8-6-17(7-9-19)22-26-21-10-11-29(24(30)18-4-2-1-3-5-18)16-20(21)23(27-22)28-12-14-31-15-13-28/h6-9,18H,1-5,10-16H2. The number of morpholine rings is 1. The number of hydrogen-bond donors (Lipinski definition) is 0. The monoisotopic (exact) mass is 424 g/mol. The molecule has 1 aromatic heterocycles. The van der Waals surface area contributed by atoms with Crippen molar-refractivity contribution in [3.05, 3.63) is 41.3 Å². The molecule has 2 aliphatic heterocycles. The molecule has 0 spiro atoms. The Morgan fingerprint density at radius 2 is 1.74 bits per heavy atom. The van der Waals surface area contributed by atoms with Crippen LogP contribution in [0.3, 0.4) is 0 Å². The molecule has 1 saturated heterocycles. The van der Waals surface area contributed by atoms with Crippen LogP contribution < -0.4 is 4.90 Å². The van der Waals surface area contributed by atoms with Crippen LogP contribution in [-0.4, -0.2) is 53.6 Å². The number of rotatable bonds is 3. The Hall–Kier alpha value is -2.54. The van der Waals surface area contributed by atoms with Crippen LogP contribution in [0.2, 0.25) is 0 Å². The molecule has 7 heteroatoms. The van der Waals surface area contributed by atoms with E-state index in [9.17, 15) is 9.18 Å². The second-order valence-electron chi connectivity index (χ2n) is 8.75. The van der Waals surface area contributed by atoms with Crippen molar-refractivity contribution in [3.8, 4) is 11.4 Å². The van der Waals surface area contributed by atoms with Gasteiger partial charge in [0.05, 0.1) is 25.5 Å². The molecule has 2 aromatic rings. The van der Waals surface area contributed by atoms with Crippen LogP contribution in [0.5, 0.6) is 0 Å². The third-order valence-electron chi connectivity index (χ3n) is 6.72. The first kappa shape index (κ1) is 20.4. The van der Waals surface area contributed by atoms with Gasteiger partial charge in [-0.1, -0.05) is 19.3 Å². The van der Waals surface area contributed by atoms with Crippen LogP contribution in [0.25, 0.3) is 11.4 Å². The molecule has 31 heavy (non-hydrogen) atoms. The molecule has 6 nitrogen and oxygen atoms in total. The number of ether oxygens (including phenoxy) is 1. The lowest BCUT2D eigenvalue weighted by Crippen LogP contribution is -2.43. The van der Waals surface area contributed by atoms with E-state index in [0.717, 1.165) is 67.8 Å². The molecule has 1 aromatic carbocycles. The van der Waals surface area contributed by atoms with E-state index in [1.807, 2.05) is 4.90 Å². The minimum Gasteiger partial charge on any atom is -0.378 e. The summed E-state index contributed by atoms with van der Waals surface area (Å²) >= 11 is 0. The Bertz CT molecular complexity index is 937. The van der Waals surface area contributed by atoms with Gasteiger partial charge in [-0.25, -0.2) is 14.4 Å². The van der Waals surface area contributed by atoms with E-state index < -0.39 is 0 Å². The molecule has 5 rings (SSSR count). The van der Waals surface area contributed by atoms with Crippen LogP contribution >= 0.6 is 0 Å². The van der Waals surface area contributed by atoms with Crippen LogP contribution in [0, 0.1) is 11.7 Å². The quantitative estimate of drug-likeness (QED) is 0.754. The van der Waals surface area contributed by atoms with E-state index in [1.165, 1.54) is 18.6 Å². The lowest BCUT2D eigenvalue weighted by Gasteiger charge is -2.36. The van der Waals surface area contributed by atoms with Gasteiger partial charge in [0.1, 0.15) is 11.6 Å². The van der Waals surface area contributed by atoms with Crippen LogP contribution in [0.4, 0.5) is 10.2 Å². The van der Waals surface area contributed by atoms with Crippen molar-refractivity contribution in [2.24, 2.45) is 5.92 Å². The highest BCUT2D eigenvalue weighted by molar-refractivity contribution is 5.79. The molecule has 0 bridgehead atoms. The fourth-order valence-electron chi connectivity index (χ4n) is 4.96. The van der Waals surface area contributed by atoms with E-state index in [1.54, 1.807) is 12.1 Å². The van der Waals surface area contributed by atoms with Crippen molar-refractivity contribution in [2.75, 3.05) is 37.7 Å². The fraction of sp³-hybridized carbons (Fsp3) is 0.542. The average molecular weight is 425 g/mol. The zero-order valence-electron chi connectivity index (χ0n) is 17.9. The van der Waals surface area contributed by atoms with E-state index in [4.69, 9.17) is 14.7 Å². The van der Waals surface area contributed by atoms with Crippen molar-refractivity contribution in [2.45, 2.75) is 45.1 Å². The Labute approximate surface area is 182 Å². The maximum Gasteiger partial charge on any atom is 0.225 e. The predicted octanol–water partition coefficient (Wildman–Crippen LogP) is 3.58. The van der Waals surface area contributed by atoms with Crippen LogP contribution in [0.15, 0.2) is 24.3 Å². The van der Waals surface area contributed by atoms with Crippen molar-refractivity contribution in [3.63, 3.8) is 0 Å². The summed E-state index contributed by atoms with van der Waals surface area (Å²) in [6, 6.07) is 6.33. The highest BCUT2D eigenvalue weighted by Crippen LogP contribution is 2.32. The molecule has 1 amide bonds. The number of fused-ring (bicyclic) bond motifs is 1. The molecule has 164 valence electrons. The minimum absolute atomic E-state index is 0.168. The third-order valence-corrected chi connectivity index (χ3v) is 6.72. The van der Waals surface area contributed by atoms with Crippen molar-refractivity contribution in [1.29, 1.82) is 0 Å². The largest absolute Gasteiger partial charge is 0.378 e. The van der Waals surface area contributed by atoms with Crippen LogP contribution in [-0.2, 0) is 22.5 Å².